The Hall–Kier alpha value is -1.14. The summed E-state index contributed by atoms with van der Waals surface area (Å²) in [7, 11) is 0. The molecule has 0 aromatic heterocycles. The van der Waals surface area contributed by atoms with Crippen molar-refractivity contribution in [3.8, 4) is 6.07 Å². The maximum atomic E-state index is 9.96. The Balaban J connectivity index is 0. The van der Waals surface area contributed by atoms with Gasteiger partial charge in [0.15, 0.2) is 0 Å². The van der Waals surface area contributed by atoms with Gasteiger partial charge in [0.2, 0.25) is 0 Å². The standard InChI is InChI=1S/C12H23N.C12H22O2/c1-2-3-4-5-6-7-8-9-10-11-12-13;1-11(2)5-4-6-12(3)7-9-14-10-8-13/h2-11H2,1H3;5,8,12H,4,6-7,9-10H2,1-3H3. The third-order valence-corrected chi connectivity index (χ3v) is 4.55. The number of unbranched alkanes of at least 4 members (excludes halogenated alkanes) is 9. The molecule has 0 aliphatic carbocycles. The number of aldehydes is 1. The first-order chi connectivity index (χ1) is 13.1. The van der Waals surface area contributed by atoms with E-state index in [1.807, 2.05) is 0 Å². The molecule has 0 aliphatic heterocycles. The summed E-state index contributed by atoms with van der Waals surface area (Å²) in [6, 6.07) is 2.19. The van der Waals surface area contributed by atoms with Crippen molar-refractivity contribution < 1.29 is 9.53 Å². The largest absolute Gasteiger partial charge is 0.374 e. The quantitative estimate of drug-likeness (QED) is 0.150. The van der Waals surface area contributed by atoms with Gasteiger partial charge in [-0.25, -0.2) is 0 Å². The van der Waals surface area contributed by atoms with Crippen LogP contribution in [-0.4, -0.2) is 19.5 Å². The number of nitriles is 1. The van der Waals surface area contributed by atoms with E-state index in [1.54, 1.807) is 0 Å². The molecule has 0 aliphatic rings. The van der Waals surface area contributed by atoms with E-state index >= 15 is 0 Å². The Labute approximate surface area is 169 Å². The molecule has 27 heavy (non-hydrogen) atoms. The zero-order valence-corrected chi connectivity index (χ0v) is 18.6. The number of carbonyl (C=O) groups excluding carboxylic acids is 1. The Kier molecular flexibility index (Phi) is 25.8. The molecule has 0 N–H and O–H groups in total. The van der Waals surface area contributed by atoms with Gasteiger partial charge in [-0.1, -0.05) is 76.9 Å². The SMILES string of the molecule is CC(C)=CCCC(C)CCOCC=O.CCCCCCCCCCCC#N. The maximum absolute atomic E-state index is 9.96. The normalized spacial score (nSPS) is 11.1. The van der Waals surface area contributed by atoms with Gasteiger partial charge in [-0.15, -0.1) is 0 Å². The first-order valence-corrected chi connectivity index (χ1v) is 11.1. The molecule has 158 valence electrons. The molecule has 0 fully saturated rings. The van der Waals surface area contributed by atoms with Gasteiger partial charge in [0.1, 0.15) is 12.9 Å². The van der Waals surface area contributed by atoms with Crippen LogP contribution in [0, 0.1) is 17.2 Å². The van der Waals surface area contributed by atoms with Gasteiger partial charge in [-0.2, -0.15) is 5.26 Å². The lowest BCUT2D eigenvalue weighted by Gasteiger charge is -2.09. The van der Waals surface area contributed by atoms with Gasteiger partial charge in [0, 0.05) is 13.0 Å². The van der Waals surface area contributed by atoms with Gasteiger partial charge in [-0.05, 0) is 45.4 Å². The van der Waals surface area contributed by atoms with E-state index in [2.05, 4.69) is 39.8 Å². The number of rotatable bonds is 17. The maximum Gasteiger partial charge on any atom is 0.145 e. The van der Waals surface area contributed by atoms with E-state index < -0.39 is 0 Å². The van der Waals surface area contributed by atoms with Crippen LogP contribution in [0.2, 0.25) is 0 Å². The minimum absolute atomic E-state index is 0.237. The summed E-state index contributed by atoms with van der Waals surface area (Å²) in [5, 5.41) is 8.32. The van der Waals surface area contributed by atoms with Crippen molar-refractivity contribution >= 4 is 6.29 Å². The smallest absolute Gasteiger partial charge is 0.145 e. The van der Waals surface area contributed by atoms with Crippen LogP contribution in [0.1, 0.15) is 111 Å². The van der Waals surface area contributed by atoms with Crippen LogP contribution >= 0.6 is 0 Å². The highest BCUT2D eigenvalue weighted by atomic mass is 16.5. The summed E-state index contributed by atoms with van der Waals surface area (Å²) in [6.07, 6.45) is 19.2. The molecule has 0 bridgehead atoms. The molecule has 0 saturated heterocycles. The van der Waals surface area contributed by atoms with Crippen molar-refractivity contribution in [2.45, 2.75) is 111 Å². The van der Waals surface area contributed by atoms with Crippen molar-refractivity contribution in [2.75, 3.05) is 13.2 Å². The van der Waals surface area contributed by atoms with Crippen molar-refractivity contribution in [1.29, 1.82) is 5.26 Å². The Morgan fingerprint density at radius 3 is 2.11 bits per heavy atom. The summed E-state index contributed by atoms with van der Waals surface area (Å²) >= 11 is 0. The topological polar surface area (TPSA) is 50.1 Å². The average Bonchev–Trinajstić information content (AvgIpc) is 2.64. The number of ether oxygens (including phenoxy) is 1. The lowest BCUT2D eigenvalue weighted by molar-refractivity contribution is -0.111. The van der Waals surface area contributed by atoms with E-state index in [1.165, 1.54) is 63.4 Å². The zero-order valence-electron chi connectivity index (χ0n) is 18.6. The monoisotopic (exact) mass is 379 g/mol. The first kappa shape index (κ1) is 28.1. The fourth-order valence-electron chi connectivity index (χ4n) is 2.73. The molecule has 0 amide bonds. The van der Waals surface area contributed by atoms with E-state index in [9.17, 15) is 4.79 Å². The predicted octanol–water partition coefficient (Wildman–Crippen LogP) is 7.41. The molecule has 0 aromatic rings. The van der Waals surface area contributed by atoms with Gasteiger partial charge in [-0.3, -0.25) is 0 Å². The summed E-state index contributed by atoms with van der Waals surface area (Å²) in [4.78, 5) is 9.96. The van der Waals surface area contributed by atoms with E-state index in [4.69, 9.17) is 10.00 Å². The highest BCUT2D eigenvalue weighted by molar-refractivity contribution is 5.50. The van der Waals surface area contributed by atoms with Crippen LogP contribution in [0.15, 0.2) is 11.6 Å². The molecule has 0 rings (SSSR count). The predicted molar refractivity (Wildman–Crippen MR) is 117 cm³/mol. The summed E-state index contributed by atoms with van der Waals surface area (Å²) in [5.74, 6) is 0.678. The average molecular weight is 380 g/mol. The number of nitrogens with zero attached hydrogens (tertiary/aromatic N) is 1. The molecule has 0 aromatic carbocycles. The van der Waals surface area contributed by atoms with Crippen molar-refractivity contribution in [3.05, 3.63) is 11.6 Å². The molecule has 0 spiro atoms. The minimum Gasteiger partial charge on any atom is -0.374 e. The number of carbonyl (C=O) groups is 1. The fraction of sp³-hybridized carbons (Fsp3) is 0.833. The highest BCUT2D eigenvalue weighted by Crippen LogP contribution is 2.11. The second kappa shape index (κ2) is 24.9. The molecular weight excluding hydrogens is 334 g/mol. The van der Waals surface area contributed by atoms with Crippen molar-refractivity contribution in [2.24, 2.45) is 5.92 Å². The Morgan fingerprint density at radius 2 is 1.59 bits per heavy atom. The summed E-state index contributed by atoms with van der Waals surface area (Å²) in [6.45, 7) is 9.66. The van der Waals surface area contributed by atoms with E-state index in [0.717, 1.165) is 32.0 Å². The Bertz CT molecular complexity index is 367. The second-order valence-electron chi connectivity index (χ2n) is 7.73. The van der Waals surface area contributed by atoms with Gasteiger partial charge < -0.3 is 9.53 Å². The third kappa shape index (κ3) is 29.9. The fourth-order valence-corrected chi connectivity index (χ4v) is 2.73. The van der Waals surface area contributed by atoms with Crippen molar-refractivity contribution in [3.63, 3.8) is 0 Å². The van der Waals surface area contributed by atoms with Gasteiger partial charge in [0.25, 0.3) is 0 Å². The van der Waals surface area contributed by atoms with Gasteiger partial charge >= 0.3 is 0 Å². The summed E-state index contributed by atoms with van der Waals surface area (Å²) < 4.78 is 5.10. The Morgan fingerprint density at radius 1 is 1.00 bits per heavy atom. The molecule has 1 atom stereocenters. The molecule has 0 radical (unpaired) electrons. The van der Waals surface area contributed by atoms with Gasteiger partial charge in [0.05, 0.1) is 6.07 Å². The zero-order chi connectivity index (χ0) is 20.6. The number of hydrogen-bond acceptors (Lipinski definition) is 3. The molecule has 3 nitrogen and oxygen atoms in total. The van der Waals surface area contributed by atoms with Crippen LogP contribution in [0.5, 0.6) is 0 Å². The van der Waals surface area contributed by atoms with Crippen molar-refractivity contribution in [1.82, 2.24) is 0 Å². The second-order valence-corrected chi connectivity index (χ2v) is 7.73. The molecule has 0 saturated carbocycles. The van der Waals surface area contributed by atoms with Crippen LogP contribution < -0.4 is 0 Å². The third-order valence-electron chi connectivity index (χ3n) is 4.55. The van der Waals surface area contributed by atoms with Crippen LogP contribution in [0.4, 0.5) is 0 Å². The first-order valence-electron chi connectivity index (χ1n) is 11.1. The molecule has 3 heteroatoms. The summed E-state index contributed by atoms with van der Waals surface area (Å²) in [5.41, 5.74) is 1.38. The lowest BCUT2D eigenvalue weighted by Crippen LogP contribution is -2.03. The molecular formula is C24H45NO2. The number of allylic oxidation sites excluding steroid dienone is 2. The number of hydrogen-bond donors (Lipinski definition) is 0. The minimum atomic E-state index is 0.237. The lowest BCUT2D eigenvalue weighted by atomic mass is 10.0. The van der Waals surface area contributed by atoms with Crippen LogP contribution in [0.3, 0.4) is 0 Å². The van der Waals surface area contributed by atoms with Crippen LogP contribution in [-0.2, 0) is 9.53 Å². The van der Waals surface area contributed by atoms with E-state index in [0.29, 0.717) is 12.5 Å². The molecule has 1 unspecified atom stereocenters. The van der Waals surface area contributed by atoms with E-state index in [-0.39, 0.29) is 6.61 Å². The highest BCUT2D eigenvalue weighted by Gasteiger charge is 2.00. The van der Waals surface area contributed by atoms with Crippen LogP contribution in [0.25, 0.3) is 0 Å². The molecule has 0 heterocycles.